The number of ether oxygens (including phenoxy) is 5. The molecule has 3 saturated heterocycles. The van der Waals surface area contributed by atoms with E-state index in [0.717, 1.165) is 0 Å². The molecule has 0 spiro atoms. The maximum atomic E-state index is 13.0. The first kappa shape index (κ1) is 30.1. The van der Waals surface area contributed by atoms with Gasteiger partial charge in [0.15, 0.2) is 11.6 Å². The summed E-state index contributed by atoms with van der Waals surface area (Å²) in [6.45, 7) is 12.4. The minimum Gasteiger partial charge on any atom is -0.469 e. The van der Waals surface area contributed by atoms with Crippen LogP contribution < -0.4 is 0 Å². The lowest BCUT2D eigenvalue weighted by molar-refractivity contribution is -0.307. The molecule has 3 N–H and O–H groups in total. The van der Waals surface area contributed by atoms with Crippen LogP contribution >= 0.6 is 0 Å². The Morgan fingerprint density at radius 2 is 1.89 bits per heavy atom. The molecule has 0 aliphatic carbocycles. The predicted molar refractivity (Wildman–Crippen MR) is 132 cm³/mol. The highest BCUT2D eigenvalue weighted by atomic mass is 16.7. The van der Waals surface area contributed by atoms with Crippen molar-refractivity contribution in [1.82, 2.24) is 0 Å². The number of hydrogen-bond acceptors (Lipinski definition) is 10. The number of carbonyl (C=O) groups is 2. The molecule has 0 aromatic carbocycles. The van der Waals surface area contributed by atoms with Crippen molar-refractivity contribution in [1.29, 1.82) is 0 Å². The third-order valence-corrected chi connectivity index (χ3v) is 7.88. The molecule has 0 unspecified atom stereocenters. The zero-order valence-corrected chi connectivity index (χ0v) is 22.7. The molecule has 212 valence electrons. The lowest BCUT2D eigenvalue weighted by atomic mass is 9.81. The molecule has 0 aromatic heterocycles. The summed E-state index contributed by atoms with van der Waals surface area (Å²) in [5.41, 5.74) is 0.357. The molecular formula is C27H44O10. The summed E-state index contributed by atoms with van der Waals surface area (Å²) in [6, 6.07) is 0. The van der Waals surface area contributed by atoms with Crippen LogP contribution in [0.5, 0.6) is 0 Å². The smallest absolute Gasteiger partial charge is 0.305 e. The highest BCUT2D eigenvalue weighted by Gasteiger charge is 2.49. The molecule has 0 amide bonds. The van der Waals surface area contributed by atoms with Gasteiger partial charge in [-0.1, -0.05) is 34.3 Å². The third-order valence-electron chi connectivity index (χ3n) is 7.88. The Balaban J connectivity index is 1.63. The van der Waals surface area contributed by atoms with E-state index in [-0.39, 0.29) is 49.0 Å². The van der Waals surface area contributed by atoms with Gasteiger partial charge in [-0.3, -0.25) is 9.59 Å². The summed E-state index contributed by atoms with van der Waals surface area (Å²) in [6.07, 6.45) is -3.51. The van der Waals surface area contributed by atoms with Crippen molar-refractivity contribution in [2.24, 2.45) is 17.3 Å². The van der Waals surface area contributed by atoms with E-state index in [2.05, 4.69) is 6.58 Å². The Kier molecular flexibility index (Phi) is 9.93. The number of aliphatic hydroxyl groups excluding tert-OH is 3. The maximum Gasteiger partial charge on any atom is 0.305 e. The number of aliphatic hydroxyl groups is 3. The SMILES string of the molecule is C=C([C@H](C)CC1(CCC(=O)OC)OCC(C)(C)CO1)[C@H](O)C[C@@H]1O[C@H]2C[C@@H](O)[C@@H](CO)O[C@H]2[C@H](C)C1=O. The molecule has 3 aliphatic heterocycles. The van der Waals surface area contributed by atoms with Crippen molar-refractivity contribution in [2.45, 2.75) is 102 Å². The molecule has 3 rings (SSSR count). The summed E-state index contributed by atoms with van der Waals surface area (Å²) in [5.74, 6) is -2.31. The molecule has 8 atom stereocenters. The molecule has 37 heavy (non-hydrogen) atoms. The Labute approximate surface area is 219 Å². The molecule has 3 heterocycles. The molecule has 0 bridgehead atoms. The quantitative estimate of drug-likeness (QED) is 0.282. The third kappa shape index (κ3) is 7.17. The lowest BCUT2D eigenvalue weighted by Crippen LogP contribution is -2.59. The van der Waals surface area contributed by atoms with Crippen molar-refractivity contribution in [3.8, 4) is 0 Å². The molecule has 0 aromatic rings. The molecular weight excluding hydrogens is 484 g/mol. The van der Waals surface area contributed by atoms with E-state index in [1.54, 1.807) is 6.92 Å². The number of Topliss-reactive ketones (excluding diaryl/α,β-unsaturated/α-hetero) is 1. The van der Waals surface area contributed by atoms with Crippen LogP contribution in [0.4, 0.5) is 0 Å². The standard InChI is InChI=1S/C27H44O10/c1-15(11-27(8-7-23(31)33-6)34-13-26(4,5)14-35-27)16(2)18(29)9-20-24(32)17(3)25-21(36-20)10-19(30)22(12-28)37-25/h15,17-22,25,28-30H,2,7-14H2,1,3-6H3/t15-,17-,18-,19-,20+,21+,22-,25+/m1/s1. The lowest BCUT2D eigenvalue weighted by Gasteiger charge is -2.46. The van der Waals surface area contributed by atoms with Crippen molar-refractivity contribution < 1.29 is 48.6 Å². The highest BCUT2D eigenvalue weighted by Crippen LogP contribution is 2.40. The fourth-order valence-electron chi connectivity index (χ4n) is 5.32. The summed E-state index contributed by atoms with van der Waals surface area (Å²) in [7, 11) is 1.34. The van der Waals surface area contributed by atoms with Gasteiger partial charge in [0, 0.05) is 37.0 Å². The average Bonchev–Trinajstić information content (AvgIpc) is 2.86. The second kappa shape index (κ2) is 12.2. The average molecular weight is 529 g/mol. The fourth-order valence-corrected chi connectivity index (χ4v) is 5.32. The van der Waals surface area contributed by atoms with Crippen LogP contribution in [0.25, 0.3) is 0 Å². The largest absolute Gasteiger partial charge is 0.469 e. The van der Waals surface area contributed by atoms with Gasteiger partial charge in [0.1, 0.15) is 12.2 Å². The van der Waals surface area contributed by atoms with Crippen molar-refractivity contribution in [3.63, 3.8) is 0 Å². The van der Waals surface area contributed by atoms with Gasteiger partial charge in [-0.2, -0.15) is 0 Å². The summed E-state index contributed by atoms with van der Waals surface area (Å²) >= 11 is 0. The summed E-state index contributed by atoms with van der Waals surface area (Å²) in [5, 5.41) is 30.7. The number of carbonyl (C=O) groups excluding carboxylic acids is 2. The topological polar surface area (TPSA) is 141 Å². The molecule has 0 radical (unpaired) electrons. The van der Waals surface area contributed by atoms with Crippen molar-refractivity contribution >= 4 is 11.8 Å². The van der Waals surface area contributed by atoms with E-state index in [1.807, 2.05) is 20.8 Å². The van der Waals surface area contributed by atoms with Crippen molar-refractivity contribution in [3.05, 3.63) is 12.2 Å². The molecule has 3 fully saturated rings. The van der Waals surface area contributed by atoms with E-state index in [1.165, 1.54) is 7.11 Å². The monoisotopic (exact) mass is 528 g/mol. The summed E-state index contributed by atoms with van der Waals surface area (Å²) < 4.78 is 28.8. The van der Waals surface area contributed by atoms with Gasteiger partial charge in [0.05, 0.1) is 57.8 Å². The number of hydrogen-bond donors (Lipinski definition) is 3. The van der Waals surface area contributed by atoms with E-state index in [0.29, 0.717) is 31.6 Å². The van der Waals surface area contributed by atoms with Crippen LogP contribution in [0.3, 0.4) is 0 Å². The van der Waals surface area contributed by atoms with Gasteiger partial charge in [-0.15, -0.1) is 0 Å². The van der Waals surface area contributed by atoms with Crippen LogP contribution in [0, 0.1) is 17.3 Å². The maximum absolute atomic E-state index is 13.0. The van der Waals surface area contributed by atoms with Gasteiger partial charge >= 0.3 is 5.97 Å². The molecule has 3 aliphatic rings. The van der Waals surface area contributed by atoms with E-state index >= 15 is 0 Å². The summed E-state index contributed by atoms with van der Waals surface area (Å²) in [4.78, 5) is 24.8. The molecule has 0 saturated carbocycles. The first-order chi connectivity index (χ1) is 17.3. The highest BCUT2D eigenvalue weighted by molar-refractivity contribution is 5.86. The minimum atomic E-state index is -1.02. The van der Waals surface area contributed by atoms with Gasteiger partial charge in [0.2, 0.25) is 0 Å². The van der Waals surface area contributed by atoms with Gasteiger partial charge in [-0.25, -0.2) is 0 Å². The zero-order valence-electron chi connectivity index (χ0n) is 22.7. The Bertz CT molecular complexity index is 816. The first-order valence-corrected chi connectivity index (χ1v) is 13.2. The second-order valence-corrected chi connectivity index (χ2v) is 11.6. The van der Waals surface area contributed by atoms with E-state index in [4.69, 9.17) is 23.7 Å². The van der Waals surface area contributed by atoms with Crippen LogP contribution in [0.15, 0.2) is 12.2 Å². The number of methoxy groups -OCH3 is 1. The van der Waals surface area contributed by atoms with E-state index < -0.39 is 48.3 Å². The number of ketones is 1. The molecule has 10 nitrogen and oxygen atoms in total. The van der Waals surface area contributed by atoms with Gasteiger partial charge in [0.25, 0.3) is 0 Å². The van der Waals surface area contributed by atoms with E-state index in [9.17, 15) is 24.9 Å². The van der Waals surface area contributed by atoms with Crippen LogP contribution in [0.2, 0.25) is 0 Å². The first-order valence-electron chi connectivity index (χ1n) is 13.2. The number of esters is 1. The Hall–Kier alpha value is -1.40. The van der Waals surface area contributed by atoms with Gasteiger partial charge in [-0.05, 0) is 11.5 Å². The molecule has 10 heteroatoms. The van der Waals surface area contributed by atoms with Crippen LogP contribution in [-0.2, 0) is 33.3 Å². The van der Waals surface area contributed by atoms with Crippen LogP contribution in [-0.4, -0.2) is 96.4 Å². The van der Waals surface area contributed by atoms with Gasteiger partial charge < -0.3 is 39.0 Å². The fraction of sp³-hybridized carbons (Fsp3) is 0.852. The predicted octanol–water partition coefficient (Wildman–Crippen LogP) is 1.53. The van der Waals surface area contributed by atoms with Crippen LogP contribution in [0.1, 0.15) is 59.8 Å². The zero-order chi connectivity index (χ0) is 27.5. The Morgan fingerprint density at radius 1 is 1.24 bits per heavy atom. The normalized spacial score (nSPS) is 34.8. The second-order valence-electron chi connectivity index (χ2n) is 11.6. The number of rotatable bonds is 10. The Morgan fingerprint density at radius 3 is 2.49 bits per heavy atom. The van der Waals surface area contributed by atoms with Crippen molar-refractivity contribution in [2.75, 3.05) is 26.9 Å². The number of fused-ring (bicyclic) bond motifs is 1. The minimum absolute atomic E-state index is 0.0268.